The van der Waals surface area contributed by atoms with Crippen LogP contribution >= 0.6 is 27.5 Å². The van der Waals surface area contributed by atoms with E-state index in [-0.39, 0.29) is 12.4 Å². The number of halogens is 2. The van der Waals surface area contributed by atoms with E-state index in [4.69, 9.17) is 11.6 Å². The van der Waals surface area contributed by atoms with Crippen LogP contribution < -0.4 is 0 Å². The average Bonchev–Trinajstić information content (AvgIpc) is 2.22. The second-order valence-electron chi connectivity index (χ2n) is 3.24. The number of carbonyl (C=O) groups excluding carboxylic acids is 1. The predicted molar refractivity (Wildman–Crippen MR) is 64.5 cm³/mol. The van der Waals surface area contributed by atoms with E-state index in [0.29, 0.717) is 5.02 Å². The highest BCUT2D eigenvalue weighted by Crippen LogP contribution is 2.23. The van der Waals surface area contributed by atoms with E-state index in [2.05, 4.69) is 20.7 Å². The van der Waals surface area contributed by atoms with Gasteiger partial charge in [-0.05, 0) is 35.7 Å². The average molecular weight is 292 g/mol. The molecule has 4 heteroatoms. The van der Waals surface area contributed by atoms with Crippen molar-refractivity contribution >= 4 is 33.5 Å². The molecule has 0 aliphatic heterocycles. The fourth-order valence-electron chi connectivity index (χ4n) is 1.35. The van der Waals surface area contributed by atoms with Gasteiger partial charge in [0.05, 0.1) is 13.5 Å². The number of rotatable bonds is 3. The zero-order valence-electron chi connectivity index (χ0n) is 8.64. The minimum Gasteiger partial charge on any atom is -0.469 e. The molecule has 0 N–H and O–H groups in total. The summed E-state index contributed by atoms with van der Waals surface area (Å²) in [5.74, 6) is -0.249. The Morgan fingerprint density at radius 3 is 2.60 bits per heavy atom. The lowest BCUT2D eigenvalue weighted by Crippen LogP contribution is -2.06. The van der Waals surface area contributed by atoms with Crippen LogP contribution in [-0.2, 0) is 21.3 Å². The van der Waals surface area contributed by atoms with Crippen molar-refractivity contribution in [1.29, 1.82) is 0 Å². The van der Waals surface area contributed by atoms with Crippen molar-refractivity contribution < 1.29 is 9.53 Å². The minimum absolute atomic E-state index is 0.249. The lowest BCUT2D eigenvalue weighted by molar-refractivity contribution is -0.139. The highest BCUT2D eigenvalue weighted by Gasteiger charge is 2.09. The first-order chi connectivity index (χ1) is 7.08. The second-order valence-corrected chi connectivity index (χ2v) is 4.23. The van der Waals surface area contributed by atoms with Crippen molar-refractivity contribution in [1.82, 2.24) is 0 Å². The van der Waals surface area contributed by atoms with Gasteiger partial charge in [-0.15, -0.1) is 0 Å². The Balaban J connectivity index is 3.06. The Morgan fingerprint density at radius 1 is 1.47 bits per heavy atom. The predicted octanol–water partition coefficient (Wildman–Crippen LogP) is 3.26. The van der Waals surface area contributed by atoms with E-state index >= 15 is 0 Å². The molecular weight excluding hydrogens is 279 g/mol. The summed E-state index contributed by atoms with van der Waals surface area (Å²) in [6.07, 6.45) is 0.267. The van der Waals surface area contributed by atoms with Gasteiger partial charge >= 0.3 is 5.97 Å². The Bertz CT molecular complexity index is 377. The number of methoxy groups -OCH3 is 1. The van der Waals surface area contributed by atoms with E-state index in [9.17, 15) is 4.79 Å². The standard InChI is InChI=1S/C11H12BrClO2/c1-7-8(5-11(14)15-2)3-10(13)4-9(7)6-12/h3-4H,5-6H2,1-2H3. The molecule has 0 spiro atoms. The van der Waals surface area contributed by atoms with Crippen molar-refractivity contribution in [2.24, 2.45) is 0 Å². The molecule has 0 aliphatic rings. The normalized spacial score (nSPS) is 10.1. The topological polar surface area (TPSA) is 26.3 Å². The summed E-state index contributed by atoms with van der Waals surface area (Å²) in [6.45, 7) is 1.98. The summed E-state index contributed by atoms with van der Waals surface area (Å²) < 4.78 is 4.63. The molecule has 0 fully saturated rings. The van der Waals surface area contributed by atoms with Crippen LogP contribution in [0.1, 0.15) is 16.7 Å². The highest BCUT2D eigenvalue weighted by atomic mass is 79.9. The smallest absolute Gasteiger partial charge is 0.309 e. The van der Waals surface area contributed by atoms with Crippen LogP contribution in [-0.4, -0.2) is 13.1 Å². The number of esters is 1. The molecule has 0 atom stereocenters. The van der Waals surface area contributed by atoms with Gasteiger partial charge in [-0.1, -0.05) is 27.5 Å². The molecule has 15 heavy (non-hydrogen) atoms. The summed E-state index contributed by atoms with van der Waals surface area (Å²) in [5.41, 5.74) is 3.10. The van der Waals surface area contributed by atoms with Crippen LogP contribution in [0.5, 0.6) is 0 Å². The van der Waals surface area contributed by atoms with E-state index in [1.165, 1.54) is 7.11 Å². The molecule has 0 saturated carbocycles. The molecule has 0 unspecified atom stereocenters. The monoisotopic (exact) mass is 290 g/mol. The Morgan fingerprint density at radius 2 is 2.07 bits per heavy atom. The van der Waals surface area contributed by atoms with Crippen LogP contribution in [0.25, 0.3) is 0 Å². The molecule has 0 saturated heterocycles. The Hall–Kier alpha value is -0.540. The highest BCUT2D eigenvalue weighted by molar-refractivity contribution is 9.08. The largest absolute Gasteiger partial charge is 0.469 e. The maximum atomic E-state index is 11.2. The summed E-state index contributed by atoms with van der Waals surface area (Å²) in [6, 6.07) is 3.70. The lowest BCUT2D eigenvalue weighted by atomic mass is 10.0. The number of carbonyl (C=O) groups is 1. The molecule has 0 heterocycles. The third kappa shape index (κ3) is 3.21. The summed E-state index contributed by atoms with van der Waals surface area (Å²) in [7, 11) is 1.38. The third-order valence-corrected chi connectivity index (χ3v) is 3.12. The van der Waals surface area contributed by atoms with Gasteiger partial charge in [-0.25, -0.2) is 0 Å². The van der Waals surface area contributed by atoms with Crippen molar-refractivity contribution in [2.45, 2.75) is 18.7 Å². The van der Waals surface area contributed by atoms with Gasteiger partial charge < -0.3 is 4.74 Å². The maximum Gasteiger partial charge on any atom is 0.309 e. The maximum absolute atomic E-state index is 11.2. The van der Waals surface area contributed by atoms with Gasteiger partial charge in [-0.3, -0.25) is 4.79 Å². The molecule has 0 aromatic heterocycles. The number of hydrogen-bond acceptors (Lipinski definition) is 2. The summed E-state index contributed by atoms with van der Waals surface area (Å²) in [5, 5.41) is 1.38. The SMILES string of the molecule is COC(=O)Cc1cc(Cl)cc(CBr)c1C. The molecular formula is C11H12BrClO2. The second kappa shape index (κ2) is 5.52. The van der Waals surface area contributed by atoms with Gasteiger partial charge in [0.1, 0.15) is 0 Å². The quantitative estimate of drug-likeness (QED) is 0.631. The number of hydrogen-bond donors (Lipinski definition) is 0. The van der Waals surface area contributed by atoms with E-state index in [1.807, 2.05) is 13.0 Å². The minimum atomic E-state index is -0.249. The van der Waals surface area contributed by atoms with Gasteiger partial charge in [0, 0.05) is 10.4 Å². The Kier molecular flexibility index (Phi) is 4.61. The third-order valence-electron chi connectivity index (χ3n) is 2.29. The van der Waals surface area contributed by atoms with Crippen LogP contribution in [0.2, 0.25) is 5.02 Å². The molecule has 1 rings (SSSR count). The lowest BCUT2D eigenvalue weighted by Gasteiger charge is -2.09. The summed E-state index contributed by atoms with van der Waals surface area (Å²) >= 11 is 9.34. The molecule has 0 bridgehead atoms. The Labute approximate surface area is 103 Å². The van der Waals surface area contributed by atoms with Gasteiger partial charge in [0.2, 0.25) is 0 Å². The fraction of sp³-hybridized carbons (Fsp3) is 0.364. The van der Waals surface area contributed by atoms with E-state index in [0.717, 1.165) is 22.0 Å². The first-order valence-electron chi connectivity index (χ1n) is 4.49. The molecule has 82 valence electrons. The summed E-state index contributed by atoms with van der Waals surface area (Å²) in [4.78, 5) is 11.2. The van der Waals surface area contributed by atoms with Crippen LogP contribution in [0, 0.1) is 6.92 Å². The first-order valence-corrected chi connectivity index (χ1v) is 5.99. The molecule has 0 aliphatic carbocycles. The fourth-order valence-corrected chi connectivity index (χ4v) is 2.19. The van der Waals surface area contributed by atoms with Gasteiger partial charge in [0.25, 0.3) is 0 Å². The molecule has 1 aromatic carbocycles. The zero-order chi connectivity index (χ0) is 11.4. The molecule has 0 radical (unpaired) electrons. The van der Waals surface area contributed by atoms with Gasteiger partial charge in [-0.2, -0.15) is 0 Å². The number of alkyl halides is 1. The van der Waals surface area contributed by atoms with E-state index < -0.39 is 0 Å². The van der Waals surface area contributed by atoms with Crippen molar-refractivity contribution in [3.8, 4) is 0 Å². The molecule has 2 nitrogen and oxygen atoms in total. The van der Waals surface area contributed by atoms with Crippen molar-refractivity contribution in [3.63, 3.8) is 0 Å². The van der Waals surface area contributed by atoms with Crippen molar-refractivity contribution in [3.05, 3.63) is 33.8 Å². The molecule has 0 amide bonds. The van der Waals surface area contributed by atoms with Crippen molar-refractivity contribution in [2.75, 3.05) is 7.11 Å². The van der Waals surface area contributed by atoms with Crippen LogP contribution in [0.4, 0.5) is 0 Å². The number of benzene rings is 1. The first kappa shape index (κ1) is 12.5. The zero-order valence-corrected chi connectivity index (χ0v) is 11.0. The van der Waals surface area contributed by atoms with Gasteiger partial charge in [0.15, 0.2) is 0 Å². The number of ether oxygens (including phenoxy) is 1. The molecule has 1 aromatic rings. The van der Waals surface area contributed by atoms with Crippen LogP contribution in [0.15, 0.2) is 12.1 Å². The van der Waals surface area contributed by atoms with Crippen LogP contribution in [0.3, 0.4) is 0 Å². The van der Waals surface area contributed by atoms with E-state index in [1.54, 1.807) is 6.07 Å².